The second kappa shape index (κ2) is 7.66. The number of nitrogens with one attached hydrogen (secondary N) is 1. The van der Waals surface area contributed by atoms with Gasteiger partial charge in [0.15, 0.2) is 0 Å². The molecular weight excluding hydrogens is 426 g/mol. The van der Waals surface area contributed by atoms with E-state index in [0.717, 1.165) is 6.07 Å². The van der Waals surface area contributed by atoms with Crippen LogP contribution in [0.15, 0.2) is 18.2 Å². The van der Waals surface area contributed by atoms with Crippen LogP contribution in [0.2, 0.25) is 5.28 Å². The number of fused-ring (bicyclic) bond motifs is 1. The van der Waals surface area contributed by atoms with Crippen molar-refractivity contribution in [1.82, 2.24) is 19.8 Å². The van der Waals surface area contributed by atoms with Crippen LogP contribution in [0.25, 0.3) is 0 Å². The first kappa shape index (κ1) is 20.8. The fourth-order valence-electron chi connectivity index (χ4n) is 3.83. The first-order valence-electron chi connectivity index (χ1n) is 9.19. The number of amides is 1. The number of likely N-dealkylation sites (tertiary alicyclic amines) is 1. The minimum atomic E-state index is -2.93. The lowest BCUT2D eigenvalue weighted by Crippen LogP contribution is -2.64. The Morgan fingerprint density at radius 3 is 2.70 bits per heavy atom. The quantitative estimate of drug-likeness (QED) is 0.567. The molecule has 3 heterocycles. The van der Waals surface area contributed by atoms with Crippen LogP contribution in [-0.4, -0.2) is 51.5 Å². The third kappa shape index (κ3) is 3.69. The van der Waals surface area contributed by atoms with Gasteiger partial charge in [0.1, 0.15) is 11.6 Å². The minimum absolute atomic E-state index is 0.0238. The number of benzene rings is 1. The van der Waals surface area contributed by atoms with E-state index in [1.54, 1.807) is 11.9 Å². The molecule has 1 N–H and O–H groups in total. The Bertz CT molecular complexity index is 999. The molecule has 1 saturated heterocycles. The lowest BCUT2D eigenvalue weighted by molar-refractivity contribution is -0.155. The maximum absolute atomic E-state index is 14.7. The van der Waals surface area contributed by atoms with E-state index in [2.05, 4.69) is 15.3 Å². The number of hydrogen-bond donors (Lipinski definition) is 1. The van der Waals surface area contributed by atoms with Crippen LogP contribution in [0.1, 0.15) is 28.8 Å². The van der Waals surface area contributed by atoms with E-state index in [4.69, 9.17) is 11.6 Å². The van der Waals surface area contributed by atoms with Gasteiger partial charge < -0.3 is 10.2 Å². The van der Waals surface area contributed by atoms with Crippen molar-refractivity contribution < 1.29 is 22.4 Å². The summed E-state index contributed by atoms with van der Waals surface area (Å²) >= 11 is 5.96. The summed E-state index contributed by atoms with van der Waals surface area (Å²) in [5.41, 5.74) is -1.59. The summed E-state index contributed by atoms with van der Waals surface area (Å²) in [7, 11) is 1.72. The monoisotopic (exact) mass is 443 g/mol. The Kier molecular flexibility index (Phi) is 5.31. The second-order valence-electron chi connectivity index (χ2n) is 7.54. The van der Waals surface area contributed by atoms with Gasteiger partial charge in [-0.1, -0.05) is 18.2 Å². The zero-order valence-electron chi connectivity index (χ0n) is 15.9. The first-order chi connectivity index (χ1) is 14.2. The van der Waals surface area contributed by atoms with E-state index in [1.165, 1.54) is 17.0 Å². The van der Waals surface area contributed by atoms with Crippen molar-refractivity contribution in [3.8, 4) is 0 Å². The molecule has 1 amide bonds. The molecule has 6 nitrogen and oxygen atoms in total. The van der Waals surface area contributed by atoms with Gasteiger partial charge in [-0.05, 0) is 18.6 Å². The van der Waals surface area contributed by atoms with Gasteiger partial charge in [-0.3, -0.25) is 9.69 Å². The molecule has 0 bridgehead atoms. The molecule has 2 aliphatic rings. The summed E-state index contributed by atoms with van der Waals surface area (Å²) < 4.78 is 54.8. The van der Waals surface area contributed by atoms with E-state index in [9.17, 15) is 22.4 Å². The molecule has 1 fully saturated rings. The molecule has 0 saturated carbocycles. The number of aromatic nitrogens is 2. The van der Waals surface area contributed by atoms with Gasteiger partial charge in [0.25, 0.3) is 12.3 Å². The molecule has 0 spiro atoms. The number of carbonyl (C=O) groups is 1. The molecule has 11 heteroatoms. The lowest BCUT2D eigenvalue weighted by atomic mass is 9.95. The third-order valence-electron chi connectivity index (χ3n) is 5.26. The van der Waals surface area contributed by atoms with Crippen molar-refractivity contribution in [3.63, 3.8) is 0 Å². The fraction of sp³-hybridized carbons (Fsp3) is 0.421. The fourth-order valence-corrected chi connectivity index (χ4v) is 4.01. The zero-order chi connectivity index (χ0) is 21.6. The van der Waals surface area contributed by atoms with E-state index in [1.807, 2.05) is 0 Å². The topological polar surface area (TPSA) is 61.4 Å². The van der Waals surface area contributed by atoms with Gasteiger partial charge in [-0.15, -0.1) is 0 Å². The Morgan fingerprint density at radius 1 is 1.30 bits per heavy atom. The predicted molar refractivity (Wildman–Crippen MR) is 101 cm³/mol. The molecule has 0 atom stereocenters. The van der Waals surface area contributed by atoms with Gasteiger partial charge in [0, 0.05) is 30.8 Å². The van der Waals surface area contributed by atoms with E-state index in [0.29, 0.717) is 11.3 Å². The number of alkyl halides is 3. The maximum atomic E-state index is 14.7. The molecule has 30 heavy (non-hydrogen) atoms. The number of rotatable bonds is 5. The van der Waals surface area contributed by atoms with Gasteiger partial charge in [0.05, 0.1) is 24.3 Å². The molecule has 2 aromatic rings. The van der Waals surface area contributed by atoms with Gasteiger partial charge in [0.2, 0.25) is 11.0 Å². The average Bonchev–Trinajstić information content (AvgIpc) is 3.08. The summed E-state index contributed by atoms with van der Waals surface area (Å²) in [6, 6.07) is 3.75. The van der Waals surface area contributed by atoms with Crippen LogP contribution < -0.4 is 5.32 Å². The summed E-state index contributed by atoms with van der Waals surface area (Å²) in [6.45, 7) is 0.0717. The van der Waals surface area contributed by atoms with E-state index >= 15 is 0 Å². The van der Waals surface area contributed by atoms with Gasteiger partial charge in [-0.25, -0.2) is 27.5 Å². The van der Waals surface area contributed by atoms with Crippen molar-refractivity contribution >= 4 is 23.3 Å². The largest absolute Gasteiger partial charge is 0.365 e. The number of anilines is 1. The Morgan fingerprint density at radius 2 is 2.03 bits per heavy atom. The molecule has 0 radical (unpaired) electrons. The third-order valence-corrected chi connectivity index (χ3v) is 5.43. The highest BCUT2D eigenvalue weighted by molar-refractivity contribution is 6.28. The van der Waals surface area contributed by atoms with E-state index in [-0.39, 0.29) is 49.4 Å². The number of hydrogen-bond acceptors (Lipinski definition) is 5. The molecule has 0 unspecified atom stereocenters. The Hall–Kier alpha value is -2.46. The highest BCUT2D eigenvalue weighted by Crippen LogP contribution is 2.34. The molecular formula is C19H18ClF4N5O. The van der Waals surface area contributed by atoms with Gasteiger partial charge >= 0.3 is 0 Å². The highest BCUT2D eigenvalue weighted by Gasteiger charge is 2.51. The van der Waals surface area contributed by atoms with Crippen molar-refractivity contribution in [2.75, 3.05) is 25.5 Å². The van der Waals surface area contributed by atoms with Crippen LogP contribution in [-0.2, 0) is 24.4 Å². The average molecular weight is 444 g/mol. The standard InChI is InChI=1S/C19H18ClF4N5O/c1-28-8-19(24,9-28)17(30)29-6-12-13(7-29)26-18(20)27-16(12)25-5-10-3-2-4-11(14(10)21)15(22)23/h2-4,15H,5-9H2,1H3,(H,25,26,27). The summed E-state index contributed by atoms with van der Waals surface area (Å²) in [5, 5.41) is 2.79. The summed E-state index contributed by atoms with van der Waals surface area (Å²) in [5.74, 6) is -1.38. The van der Waals surface area contributed by atoms with Crippen LogP contribution in [0.3, 0.4) is 0 Å². The van der Waals surface area contributed by atoms with Crippen LogP contribution >= 0.6 is 11.6 Å². The molecule has 4 rings (SSSR count). The number of carbonyl (C=O) groups excluding carboxylic acids is 1. The van der Waals surface area contributed by atoms with Crippen LogP contribution in [0.5, 0.6) is 0 Å². The second-order valence-corrected chi connectivity index (χ2v) is 7.88. The lowest BCUT2D eigenvalue weighted by Gasteiger charge is -2.42. The smallest absolute Gasteiger partial charge is 0.266 e. The van der Waals surface area contributed by atoms with Crippen LogP contribution in [0.4, 0.5) is 23.4 Å². The molecule has 2 aliphatic heterocycles. The minimum Gasteiger partial charge on any atom is -0.365 e. The van der Waals surface area contributed by atoms with Crippen molar-refractivity contribution in [1.29, 1.82) is 0 Å². The number of nitrogens with zero attached hydrogens (tertiary/aromatic N) is 4. The normalized spacial score (nSPS) is 17.8. The molecule has 1 aromatic carbocycles. The Balaban J connectivity index is 1.53. The van der Waals surface area contributed by atoms with Crippen molar-refractivity contribution in [2.24, 2.45) is 0 Å². The van der Waals surface area contributed by atoms with Crippen molar-refractivity contribution in [2.45, 2.75) is 31.7 Å². The van der Waals surface area contributed by atoms with Crippen LogP contribution in [0, 0.1) is 5.82 Å². The Labute approximate surface area is 174 Å². The maximum Gasteiger partial charge on any atom is 0.266 e. The zero-order valence-corrected chi connectivity index (χ0v) is 16.7. The summed E-state index contributed by atoms with van der Waals surface area (Å²) in [4.78, 5) is 23.8. The highest BCUT2D eigenvalue weighted by atomic mass is 35.5. The number of halogens is 5. The first-order valence-corrected chi connectivity index (χ1v) is 9.57. The SMILES string of the molecule is CN1CC(F)(C(=O)N2Cc3nc(Cl)nc(NCc4cccc(C(F)F)c4F)c3C2)C1. The summed E-state index contributed by atoms with van der Waals surface area (Å²) in [6.07, 6.45) is -2.93. The molecule has 0 aliphatic carbocycles. The van der Waals surface area contributed by atoms with Gasteiger partial charge in [-0.2, -0.15) is 0 Å². The van der Waals surface area contributed by atoms with E-state index < -0.39 is 29.4 Å². The van der Waals surface area contributed by atoms with Crippen molar-refractivity contribution in [3.05, 3.63) is 51.7 Å². The molecule has 160 valence electrons. The predicted octanol–water partition coefficient (Wildman–Crippen LogP) is 3.31. The molecule has 1 aromatic heterocycles.